The number of nitrogens with zero attached hydrogens (tertiary/aromatic N) is 2. The molecule has 9 nitrogen and oxygen atoms in total. The highest BCUT2D eigenvalue weighted by molar-refractivity contribution is 5.89. The van der Waals surface area contributed by atoms with Crippen molar-refractivity contribution >= 4 is 17.6 Å². The fourth-order valence-electron chi connectivity index (χ4n) is 5.88. The average Bonchev–Trinajstić information content (AvgIpc) is 3.15. The van der Waals surface area contributed by atoms with E-state index in [1.807, 2.05) is 24.3 Å². The lowest BCUT2D eigenvalue weighted by molar-refractivity contribution is -0.134. The Kier molecular flexibility index (Phi) is 15.4. The first-order valence-electron chi connectivity index (χ1n) is 17.2. The van der Waals surface area contributed by atoms with Gasteiger partial charge < -0.3 is 29.9 Å². The van der Waals surface area contributed by atoms with Gasteiger partial charge >= 0.3 is 11.9 Å². The Morgan fingerprint density at radius 1 is 0.700 bits per heavy atom. The lowest BCUT2D eigenvalue weighted by Gasteiger charge is -2.35. The summed E-state index contributed by atoms with van der Waals surface area (Å²) in [6.45, 7) is 11.7. The van der Waals surface area contributed by atoms with Gasteiger partial charge in [0.25, 0.3) is 0 Å². The SMILES string of the molecule is CCN(CC)c1ccc(CC(Cc2ccc(OCc3ccccc3)c(OCc3ccccc3)c2)N2CCNCC2)cc1.O=C(O)/C=C/C(=O)O. The molecule has 0 saturated carbocycles. The van der Waals surface area contributed by atoms with E-state index >= 15 is 0 Å². The molecule has 4 aromatic carbocycles. The molecule has 1 unspecified atom stereocenters. The molecule has 0 bridgehead atoms. The van der Waals surface area contributed by atoms with Gasteiger partial charge in [0, 0.05) is 63.1 Å². The van der Waals surface area contributed by atoms with Crippen molar-refractivity contribution in [3.8, 4) is 11.5 Å². The van der Waals surface area contributed by atoms with Gasteiger partial charge in [0.05, 0.1) is 0 Å². The van der Waals surface area contributed by atoms with Crippen LogP contribution < -0.4 is 19.7 Å². The number of benzene rings is 4. The minimum atomic E-state index is -1.26. The van der Waals surface area contributed by atoms with Crippen LogP contribution in [0.5, 0.6) is 11.5 Å². The van der Waals surface area contributed by atoms with Crippen LogP contribution in [0.4, 0.5) is 5.69 Å². The second-order valence-electron chi connectivity index (χ2n) is 12.0. The molecule has 3 N–H and O–H groups in total. The quantitative estimate of drug-likeness (QED) is 0.115. The Labute approximate surface area is 295 Å². The van der Waals surface area contributed by atoms with Crippen molar-refractivity contribution in [2.45, 2.75) is 45.9 Å². The van der Waals surface area contributed by atoms with E-state index in [4.69, 9.17) is 19.7 Å². The number of piperazine rings is 1. The lowest BCUT2D eigenvalue weighted by Crippen LogP contribution is -2.49. The zero-order valence-electron chi connectivity index (χ0n) is 29.0. The number of carboxylic acids is 2. The van der Waals surface area contributed by atoms with Crippen molar-refractivity contribution in [3.05, 3.63) is 138 Å². The smallest absolute Gasteiger partial charge is 0.328 e. The highest BCUT2D eigenvalue weighted by atomic mass is 16.5. The Morgan fingerprint density at radius 2 is 1.20 bits per heavy atom. The van der Waals surface area contributed by atoms with Gasteiger partial charge in [0.2, 0.25) is 0 Å². The number of hydrogen-bond donors (Lipinski definition) is 3. The normalized spacial score (nSPS) is 13.6. The number of carboxylic acid groups (broad SMARTS) is 2. The fourth-order valence-corrected chi connectivity index (χ4v) is 5.88. The molecule has 9 heteroatoms. The number of carbonyl (C=O) groups is 2. The summed E-state index contributed by atoms with van der Waals surface area (Å²) in [4.78, 5) is 24.2. The number of rotatable bonds is 16. The molecule has 50 heavy (non-hydrogen) atoms. The molecule has 0 aromatic heterocycles. The van der Waals surface area contributed by atoms with Crippen molar-refractivity contribution in [1.82, 2.24) is 10.2 Å². The summed E-state index contributed by atoms with van der Waals surface area (Å²) in [5.41, 5.74) is 6.24. The second-order valence-corrected chi connectivity index (χ2v) is 12.0. The van der Waals surface area contributed by atoms with Gasteiger partial charge in [-0.05, 0) is 73.2 Å². The molecule has 0 radical (unpaired) electrons. The van der Waals surface area contributed by atoms with Crippen molar-refractivity contribution in [2.24, 2.45) is 0 Å². The first-order chi connectivity index (χ1) is 24.3. The van der Waals surface area contributed by atoms with Crippen LogP contribution in [-0.4, -0.2) is 72.4 Å². The van der Waals surface area contributed by atoms with E-state index in [1.165, 1.54) is 16.8 Å². The molecule has 264 valence electrons. The first-order valence-corrected chi connectivity index (χ1v) is 17.2. The molecular formula is C41H49N3O6. The molecule has 1 aliphatic rings. The van der Waals surface area contributed by atoms with Crippen molar-refractivity contribution < 1.29 is 29.3 Å². The Morgan fingerprint density at radius 3 is 1.72 bits per heavy atom. The van der Waals surface area contributed by atoms with E-state index < -0.39 is 11.9 Å². The maximum atomic E-state index is 9.55. The largest absolute Gasteiger partial charge is 0.485 e. The van der Waals surface area contributed by atoms with Gasteiger partial charge in [0.1, 0.15) is 13.2 Å². The van der Waals surface area contributed by atoms with E-state index in [0.29, 0.717) is 31.4 Å². The van der Waals surface area contributed by atoms with E-state index in [2.05, 4.69) is 108 Å². The third-order valence-electron chi connectivity index (χ3n) is 8.53. The molecule has 0 amide bonds. The van der Waals surface area contributed by atoms with Crippen LogP contribution in [0.3, 0.4) is 0 Å². The second kappa shape index (κ2) is 20.4. The summed E-state index contributed by atoms with van der Waals surface area (Å²) < 4.78 is 12.7. The predicted octanol–water partition coefficient (Wildman–Crippen LogP) is 6.46. The van der Waals surface area contributed by atoms with Crippen molar-refractivity contribution in [1.29, 1.82) is 0 Å². The monoisotopic (exact) mass is 679 g/mol. The molecular weight excluding hydrogens is 630 g/mol. The van der Waals surface area contributed by atoms with Crippen molar-refractivity contribution in [2.75, 3.05) is 44.2 Å². The summed E-state index contributed by atoms with van der Waals surface area (Å²) >= 11 is 0. The Bertz CT molecular complexity index is 1600. The van der Waals surface area contributed by atoms with E-state index in [0.717, 1.165) is 74.7 Å². The summed E-state index contributed by atoms with van der Waals surface area (Å²) in [6, 6.07) is 36.7. The molecule has 1 fully saturated rings. The number of aliphatic carboxylic acids is 2. The summed E-state index contributed by atoms with van der Waals surface area (Å²) in [5, 5.41) is 19.1. The van der Waals surface area contributed by atoms with Gasteiger partial charge in [-0.1, -0.05) is 78.9 Å². The van der Waals surface area contributed by atoms with Crippen LogP contribution in [0.25, 0.3) is 0 Å². The minimum Gasteiger partial charge on any atom is -0.485 e. The van der Waals surface area contributed by atoms with Crippen LogP contribution in [0.15, 0.2) is 115 Å². The average molecular weight is 680 g/mol. The van der Waals surface area contributed by atoms with Gasteiger partial charge in [-0.25, -0.2) is 9.59 Å². The van der Waals surface area contributed by atoms with Gasteiger partial charge in [-0.2, -0.15) is 0 Å². The van der Waals surface area contributed by atoms with E-state index in [9.17, 15) is 9.59 Å². The number of ether oxygens (including phenoxy) is 2. The summed E-state index contributed by atoms with van der Waals surface area (Å²) in [5.74, 6) is -0.932. The zero-order valence-corrected chi connectivity index (χ0v) is 29.0. The molecule has 0 spiro atoms. The maximum absolute atomic E-state index is 9.55. The third kappa shape index (κ3) is 12.7. The molecule has 0 aliphatic carbocycles. The minimum absolute atomic E-state index is 0.407. The van der Waals surface area contributed by atoms with Crippen molar-refractivity contribution in [3.63, 3.8) is 0 Å². The highest BCUT2D eigenvalue weighted by Gasteiger charge is 2.22. The van der Waals surface area contributed by atoms with Gasteiger partial charge in [0.15, 0.2) is 11.5 Å². The molecule has 5 rings (SSSR count). The molecule has 1 aliphatic heterocycles. The summed E-state index contributed by atoms with van der Waals surface area (Å²) in [7, 11) is 0. The van der Waals surface area contributed by atoms with E-state index in [1.54, 1.807) is 0 Å². The van der Waals surface area contributed by atoms with Crippen LogP contribution in [0.2, 0.25) is 0 Å². The van der Waals surface area contributed by atoms with Crippen LogP contribution in [0, 0.1) is 0 Å². The zero-order chi connectivity index (χ0) is 35.6. The highest BCUT2D eigenvalue weighted by Crippen LogP contribution is 2.31. The number of anilines is 1. The topological polar surface area (TPSA) is 112 Å². The third-order valence-corrected chi connectivity index (χ3v) is 8.53. The van der Waals surface area contributed by atoms with Crippen LogP contribution in [0.1, 0.15) is 36.1 Å². The van der Waals surface area contributed by atoms with Gasteiger partial charge in [-0.3, -0.25) is 4.90 Å². The lowest BCUT2D eigenvalue weighted by atomic mass is 9.96. The fraction of sp³-hybridized carbons (Fsp3) is 0.317. The summed E-state index contributed by atoms with van der Waals surface area (Å²) in [6.07, 6.45) is 3.09. The van der Waals surface area contributed by atoms with E-state index in [-0.39, 0.29) is 0 Å². The Balaban J connectivity index is 0.000000627. The standard InChI is InChI=1S/C37H45N3O2.C4H4O4/c1-3-39(4-2)34-18-15-30(16-19-34)25-35(40-23-21-38-22-24-40)26-33-17-20-36(41-28-31-11-7-5-8-12-31)37(27-33)42-29-32-13-9-6-10-14-32;5-3(6)1-2-4(7)8/h5-20,27,35,38H,3-4,21-26,28-29H2,1-2H3;1-2H,(H,5,6)(H,7,8)/b;2-1+. The van der Waals surface area contributed by atoms with Gasteiger partial charge in [-0.15, -0.1) is 0 Å². The predicted molar refractivity (Wildman–Crippen MR) is 198 cm³/mol. The number of hydrogen-bond acceptors (Lipinski definition) is 7. The Hall–Kier alpha value is -5.12. The first kappa shape index (κ1) is 37.7. The molecule has 1 saturated heterocycles. The van der Waals surface area contributed by atoms with Crippen LogP contribution in [-0.2, 0) is 35.6 Å². The maximum Gasteiger partial charge on any atom is 0.328 e. The molecule has 1 heterocycles. The molecule has 1 atom stereocenters. The number of nitrogens with one attached hydrogen (secondary N) is 1. The van der Waals surface area contributed by atoms with Crippen LogP contribution >= 0.6 is 0 Å². The molecule has 4 aromatic rings.